The molecular weight excluding hydrogens is 228 g/mol. The standard InChI is InChI=1S/C12H17ClO3/c1-7-5-9(15-3)12(16-4)11(13)10(7)8(2)6-14/h5,8,14H,6H2,1-4H3. The number of aliphatic hydroxyl groups is 1. The molecule has 0 heterocycles. The minimum Gasteiger partial charge on any atom is -0.493 e. The highest BCUT2D eigenvalue weighted by Crippen LogP contribution is 2.42. The van der Waals surface area contributed by atoms with Gasteiger partial charge in [0.15, 0.2) is 11.5 Å². The Balaban J connectivity index is 3.40. The van der Waals surface area contributed by atoms with Crippen LogP contribution in [0.25, 0.3) is 0 Å². The molecule has 0 aliphatic carbocycles. The third-order valence-electron chi connectivity index (χ3n) is 2.62. The molecular formula is C12H17ClO3. The molecule has 1 atom stereocenters. The molecule has 0 radical (unpaired) electrons. The van der Waals surface area contributed by atoms with Crippen molar-refractivity contribution in [3.05, 3.63) is 22.2 Å². The highest BCUT2D eigenvalue weighted by Gasteiger charge is 2.19. The molecule has 3 nitrogen and oxygen atoms in total. The number of methoxy groups -OCH3 is 2. The molecule has 1 unspecified atom stereocenters. The maximum Gasteiger partial charge on any atom is 0.179 e. The van der Waals surface area contributed by atoms with Crippen LogP contribution in [0.5, 0.6) is 11.5 Å². The summed E-state index contributed by atoms with van der Waals surface area (Å²) < 4.78 is 10.4. The Morgan fingerprint density at radius 3 is 2.44 bits per heavy atom. The van der Waals surface area contributed by atoms with Crippen molar-refractivity contribution in [1.29, 1.82) is 0 Å². The Hall–Kier alpha value is -0.930. The van der Waals surface area contributed by atoms with Crippen LogP contribution in [0.15, 0.2) is 6.07 Å². The van der Waals surface area contributed by atoms with Crippen LogP contribution in [-0.2, 0) is 0 Å². The van der Waals surface area contributed by atoms with Crippen LogP contribution in [0.1, 0.15) is 24.0 Å². The summed E-state index contributed by atoms with van der Waals surface area (Å²) in [7, 11) is 3.12. The quantitative estimate of drug-likeness (QED) is 0.885. The lowest BCUT2D eigenvalue weighted by Gasteiger charge is -2.18. The van der Waals surface area contributed by atoms with E-state index in [0.29, 0.717) is 16.5 Å². The van der Waals surface area contributed by atoms with Crippen LogP contribution < -0.4 is 9.47 Å². The Kier molecular flexibility index (Phi) is 4.44. The zero-order chi connectivity index (χ0) is 12.3. The van der Waals surface area contributed by atoms with E-state index in [-0.39, 0.29) is 12.5 Å². The summed E-state index contributed by atoms with van der Waals surface area (Å²) in [6.45, 7) is 3.91. The van der Waals surface area contributed by atoms with E-state index in [0.717, 1.165) is 11.1 Å². The van der Waals surface area contributed by atoms with Gasteiger partial charge in [0.25, 0.3) is 0 Å². The van der Waals surface area contributed by atoms with E-state index in [9.17, 15) is 5.11 Å². The molecule has 0 saturated heterocycles. The number of ether oxygens (including phenoxy) is 2. The molecule has 0 amide bonds. The minimum atomic E-state index is -0.0210. The van der Waals surface area contributed by atoms with Gasteiger partial charge in [-0.05, 0) is 24.1 Å². The lowest BCUT2D eigenvalue weighted by atomic mass is 9.96. The molecule has 1 rings (SSSR count). The highest BCUT2D eigenvalue weighted by molar-refractivity contribution is 6.33. The van der Waals surface area contributed by atoms with E-state index in [4.69, 9.17) is 21.1 Å². The molecule has 1 N–H and O–H groups in total. The molecule has 0 aromatic heterocycles. The van der Waals surface area contributed by atoms with Crippen LogP contribution in [-0.4, -0.2) is 25.9 Å². The summed E-state index contributed by atoms with van der Waals surface area (Å²) in [4.78, 5) is 0. The van der Waals surface area contributed by atoms with Crippen molar-refractivity contribution >= 4 is 11.6 Å². The number of hydrogen-bond donors (Lipinski definition) is 1. The molecule has 0 fully saturated rings. The monoisotopic (exact) mass is 244 g/mol. The van der Waals surface area contributed by atoms with Crippen LogP contribution in [0.2, 0.25) is 5.02 Å². The first-order chi connectivity index (χ1) is 7.56. The number of benzene rings is 1. The second-order valence-corrected chi connectivity index (χ2v) is 4.12. The van der Waals surface area contributed by atoms with E-state index in [1.54, 1.807) is 14.2 Å². The molecule has 0 saturated carbocycles. The van der Waals surface area contributed by atoms with Crippen molar-refractivity contribution in [1.82, 2.24) is 0 Å². The van der Waals surface area contributed by atoms with Gasteiger partial charge in [-0.15, -0.1) is 0 Å². The molecule has 16 heavy (non-hydrogen) atoms. The summed E-state index contributed by atoms with van der Waals surface area (Å²) in [5.41, 5.74) is 1.89. The summed E-state index contributed by atoms with van der Waals surface area (Å²) in [6, 6.07) is 1.87. The smallest absolute Gasteiger partial charge is 0.179 e. The maximum atomic E-state index is 9.20. The maximum absolute atomic E-state index is 9.20. The van der Waals surface area contributed by atoms with Gasteiger partial charge < -0.3 is 14.6 Å². The highest BCUT2D eigenvalue weighted by atomic mass is 35.5. The van der Waals surface area contributed by atoms with Gasteiger partial charge in [0.1, 0.15) is 0 Å². The summed E-state index contributed by atoms with van der Waals surface area (Å²) in [5.74, 6) is 1.11. The molecule has 1 aromatic carbocycles. The van der Waals surface area contributed by atoms with Crippen molar-refractivity contribution in [3.63, 3.8) is 0 Å². The summed E-state index contributed by atoms with van der Waals surface area (Å²) in [6.07, 6.45) is 0. The average Bonchev–Trinajstić information content (AvgIpc) is 2.27. The van der Waals surface area contributed by atoms with E-state index < -0.39 is 0 Å². The number of hydrogen-bond acceptors (Lipinski definition) is 3. The molecule has 0 spiro atoms. The van der Waals surface area contributed by atoms with Gasteiger partial charge in [-0.3, -0.25) is 0 Å². The van der Waals surface area contributed by atoms with Gasteiger partial charge in [-0.25, -0.2) is 0 Å². The van der Waals surface area contributed by atoms with Crippen LogP contribution in [0.4, 0.5) is 0 Å². The number of halogens is 1. The summed E-state index contributed by atoms with van der Waals surface area (Å²) >= 11 is 6.26. The predicted molar refractivity (Wildman–Crippen MR) is 64.8 cm³/mol. The Morgan fingerprint density at radius 1 is 1.38 bits per heavy atom. The first-order valence-electron chi connectivity index (χ1n) is 5.08. The van der Waals surface area contributed by atoms with E-state index >= 15 is 0 Å². The summed E-state index contributed by atoms with van der Waals surface area (Å²) in [5, 5.41) is 9.71. The SMILES string of the molecule is COc1cc(C)c(C(C)CO)c(Cl)c1OC. The third kappa shape index (κ3) is 2.25. The lowest BCUT2D eigenvalue weighted by molar-refractivity contribution is 0.272. The van der Waals surface area contributed by atoms with Crippen molar-refractivity contribution < 1.29 is 14.6 Å². The van der Waals surface area contributed by atoms with Crippen molar-refractivity contribution in [2.75, 3.05) is 20.8 Å². The van der Waals surface area contributed by atoms with Crippen molar-refractivity contribution in [3.8, 4) is 11.5 Å². The zero-order valence-electron chi connectivity index (χ0n) is 10.0. The topological polar surface area (TPSA) is 38.7 Å². The fraction of sp³-hybridized carbons (Fsp3) is 0.500. The van der Waals surface area contributed by atoms with Gasteiger partial charge >= 0.3 is 0 Å². The number of aliphatic hydroxyl groups excluding tert-OH is 1. The zero-order valence-corrected chi connectivity index (χ0v) is 10.8. The largest absolute Gasteiger partial charge is 0.493 e. The fourth-order valence-corrected chi connectivity index (χ4v) is 2.29. The van der Waals surface area contributed by atoms with Gasteiger partial charge in [-0.2, -0.15) is 0 Å². The van der Waals surface area contributed by atoms with Crippen molar-refractivity contribution in [2.24, 2.45) is 0 Å². The van der Waals surface area contributed by atoms with E-state index in [1.807, 2.05) is 19.9 Å². The Bertz CT molecular complexity index is 377. The first-order valence-corrected chi connectivity index (χ1v) is 5.46. The molecule has 90 valence electrons. The van der Waals surface area contributed by atoms with E-state index in [2.05, 4.69) is 0 Å². The van der Waals surface area contributed by atoms with Crippen LogP contribution in [0, 0.1) is 6.92 Å². The van der Waals surface area contributed by atoms with Crippen molar-refractivity contribution in [2.45, 2.75) is 19.8 Å². The minimum absolute atomic E-state index is 0.0210. The molecule has 4 heteroatoms. The third-order valence-corrected chi connectivity index (χ3v) is 3.00. The molecule has 1 aromatic rings. The molecule has 0 aliphatic rings. The second kappa shape index (κ2) is 5.41. The normalized spacial score (nSPS) is 12.4. The lowest BCUT2D eigenvalue weighted by Crippen LogP contribution is -2.04. The second-order valence-electron chi connectivity index (χ2n) is 3.74. The van der Waals surface area contributed by atoms with Crippen LogP contribution >= 0.6 is 11.6 Å². The first kappa shape index (κ1) is 13.1. The molecule has 0 bridgehead atoms. The van der Waals surface area contributed by atoms with Gasteiger partial charge in [0.05, 0.1) is 19.2 Å². The fourth-order valence-electron chi connectivity index (χ4n) is 1.78. The Labute approximate surface area is 101 Å². The van der Waals surface area contributed by atoms with Gasteiger partial charge in [0, 0.05) is 12.5 Å². The van der Waals surface area contributed by atoms with Crippen LogP contribution in [0.3, 0.4) is 0 Å². The predicted octanol–water partition coefficient (Wildman–Crippen LogP) is 2.76. The average molecular weight is 245 g/mol. The number of aryl methyl sites for hydroxylation is 1. The van der Waals surface area contributed by atoms with Gasteiger partial charge in [0.2, 0.25) is 0 Å². The Morgan fingerprint density at radius 2 is 2.00 bits per heavy atom. The number of rotatable bonds is 4. The molecule has 0 aliphatic heterocycles. The van der Waals surface area contributed by atoms with Gasteiger partial charge in [-0.1, -0.05) is 18.5 Å². The van der Waals surface area contributed by atoms with E-state index in [1.165, 1.54) is 0 Å².